The summed E-state index contributed by atoms with van der Waals surface area (Å²) in [7, 11) is 0. The number of anilines is 3. The lowest BCUT2D eigenvalue weighted by Crippen LogP contribution is -2.26. The van der Waals surface area contributed by atoms with Crippen LogP contribution in [0.1, 0.15) is 22.3 Å². The molecule has 280 valence electrons. The second-order valence-electron chi connectivity index (χ2n) is 16.0. The van der Waals surface area contributed by atoms with Gasteiger partial charge in [0.25, 0.3) is 0 Å². The van der Waals surface area contributed by atoms with Gasteiger partial charge in [-0.3, -0.25) is 0 Å². The highest BCUT2D eigenvalue weighted by atomic mass is 15.1. The maximum Gasteiger partial charge on any atom is 0.0726 e. The first kappa shape index (κ1) is 34.3. The zero-order chi connectivity index (χ0) is 39.6. The van der Waals surface area contributed by atoms with Gasteiger partial charge < -0.3 is 4.90 Å². The zero-order valence-electron chi connectivity index (χ0n) is 33.0. The van der Waals surface area contributed by atoms with Crippen molar-refractivity contribution in [3.63, 3.8) is 0 Å². The number of rotatable bonds is 6. The van der Waals surface area contributed by atoms with Gasteiger partial charge in [-0.05, 0) is 113 Å². The molecule has 0 saturated heterocycles. The van der Waals surface area contributed by atoms with E-state index in [4.69, 9.17) is 0 Å². The molecular weight excluding hydrogens is 723 g/mol. The highest BCUT2D eigenvalue weighted by molar-refractivity contribution is 6.04. The third-order valence-electron chi connectivity index (χ3n) is 12.9. The summed E-state index contributed by atoms with van der Waals surface area (Å²) in [5.74, 6) is 0. The van der Waals surface area contributed by atoms with E-state index in [1.54, 1.807) is 0 Å². The summed E-state index contributed by atoms with van der Waals surface area (Å²) in [4.78, 5) is 2.47. The molecule has 2 aliphatic rings. The Morgan fingerprint density at radius 2 is 0.700 bits per heavy atom. The lowest BCUT2D eigenvalue weighted by Gasteiger charge is -2.32. The molecule has 60 heavy (non-hydrogen) atoms. The molecule has 2 aliphatic carbocycles. The van der Waals surface area contributed by atoms with Crippen molar-refractivity contribution >= 4 is 27.8 Å². The predicted octanol–water partition coefficient (Wildman–Crippen LogP) is 15.7. The van der Waals surface area contributed by atoms with E-state index in [2.05, 4.69) is 241 Å². The Kier molecular flexibility index (Phi) is 7.83. The third-order valence-corrected chi connectivity index (χ3v) is 12.9. The second-order valence-corrected chi connectivity index (χ2v) is 16.0. The largest absolute Gasteiger partial charge is 0.310 e. The summed E-state index contributed by atoms with van der Waals surface area (Å²) in [6.07, 6.45) is 0. The molecule has 0 fully saturated rings. The van der Waals surface area contributed by atoms with Crippen LogP contribution < -0.4 is 4.90 Å². The molecule has 0 aromatic heterocycles. The Morgan fingerprint density at radius 1 is 0.267 bits per heavy atom. The lowest BCUT2D eigenvalue weighted by molar-refractivity contribution is 0.794. The van der Waals surface area contributed by atoms with E-state index in [1.807, 2.05) is 0 Å². The minimum Gasteiger partial charge on any atom is -0.310 e. The molecule has 0 heterocycles. The maximum absolute atomic E-state index is 2.47. The van der Waals surface area contributed by atoms with E-state index in [1.165, 1.54) is 88.7 Å². The van der Waals surface area contributed by atoms with Crippen LogP contribution in [-0.2, 0) is 5.41 Å². The van der Waals surface area contributed by atoms with Crippen LogP contribution in [-0.4, -0.2) is 0 Å². The first-order valence-corrected chi connectivity index (χ1v) is 20.8. The second kappa shape index (κ2) is 13.7. The standard InChI is InChI=1S/C59H39N/c1-3-16-40(17-4-1)41-32-36-45(37-33-41)60(46-38-34-44(35-39-46)48-25-13-21-42-20-7-8-22-47(42)48)56-31-15-30-55-58(56)51-24-10-12-28-53(51)59(55)52-27-11-9-23-50(52)57-49(26-14-29-54(57)59)43-18-5-2-6-19-43/h1-39H. The molecule has 1 spiro atoms. The monoisotopic (exact) mass is 761 g/mol. The van der Waals surface area contributed by atoms with Crippen LogP contribution in [0.5, 0.6) is 0 Å². The van der Waals surface area contributed by atoms with E-state index in [9.17, 15) is 0 Å². The van der Waals surface area contributed by atoms with Gasteiger partial charge in [-0.15, -0.1) is 0 Å². The van der Waals surface area contributed by atoms with Gasteiger partial charge in [0.1, 0.15) is 0 Å². The molecule has 12 rings (SSSR count). The smallest absolute Gasteiger partial charge is 0.0726 e. The molecule has 0 aliphatic heterocycles. The van der Waals surface area contributed by atoms with Gasteiger partial charge in [0.05, 0.1) is 11.1 Å². The Morgan fingerprint density at radius 3 is 1.40 bits per heavy atom. The molecule has 10 aromatic carbocycles. The molecule has 1 heteroatoms. The highest BCUT2D eigenvalue weighted by Crippen LogP contribution is 2.65. The van der Waals surface area contributed by atoms with Crippen LogP contribution >= 0.6 is 0 Å². The van der Waals surface area contributed by atoms with Crippen molar-refractivity contribution in [1.82, 2.24) is 0 Å². The summed E-state index contributed by atoms with van der Waals surface area (Å²) in [6, 6.07) is 87.2. The van der Waals surface area contributed by atoms with Crippen molar-refractivity contribution < 1.29 is 0 Å². The highest BCUT2D eigenvalue weighted by Gasteiger charge is 2.53. The fraction of sp³-hybridized carbons (Fsp3) is 0.0169. The Bertz CT molecular complexity index is 3230. The van der Waals surface area contributed by atoms with Crippen LogP contribution in [0.15, 0.2) is 237 Å². The molecule has 1 unspecified atom stereocenters. The number of fused-ring (bicyclic) bond motifs is 11. The predicted molar refractivity (Wildman–Crippen MR) is 251 cm³/mol. The van der Waals surface area contributed by atoms with Crippen molar-refractivity contribution in [2.75, 3.05) is 4.90 Å². The normalized spacial score (nSPS) is 14.4. The molecule has 0 radical (unpaired) electrons. The van der Waals surface area contributed by atoms with Gasteiger partial charge in [-0.2, -0.15) is 0 Å². The van der Waals surface area contributed by atoms with E-state index < -0.39 is 5.41 Å². The Labute approximate surface area is 351 Å². The summed E-state index contributed by atoms with van der Waals surface area (Å²) < 4.78 is 0. The Balaban J connectivity index is 1.09. The van der Waals surface area contributed by atoms with Crippen molar-refractivity contribution in [1.29, 1.82) is 0 Å². The molecule has 0 saturated carbocycles. The minimum atomic E-state index is -0.486. The van der Waals surface area contributed by atoms with Crippen molar-refractivity contribution in [2.45, 2.75) is 5.41 Å². The van der Waals surface area contributed by atoms with Crippen molar-refractivity contribution in [3.05, 3.63) is 259 Å². The number of benzene rings is 10. The molecular formula is C59H39N. The number of hydrogen-bond acceptors (Lipinski definition) is 1. The first-order chi connectivity index (χ1) is 29.8. The van der Waals surface area contributed by atoms with Crippen molar-refractivity contribution in [3.8, 4) is 55.6 Å². The zero-order valence-corrected chi connectivity index (χ0v) is 33.0. The molecule has 1 nitrogen and oxygen atoms in total. The molecule has 0 bridgehead atoms. The van der Waals surface area contributed by atoms with Crippen LogP contribution in [0.25, 0.3) is 66.4 Å². The average Bonchev–Trinajstić information content (AvgIpc) is 3.81. The van der Waals surface area contributed by atoms with E-state index in [0.29, 0.717) is 0 Å². The van der Waals surface area contributed by atoms with Gasteiger partial charge in [0, 0.05) is 16.9 Å². The Hall–Kier alpha value is -7.74. The van der Waals surface area contributed by atoms with Crippen LogP contribution in [0, 0.1) is 0 Å². The fourth-order valence-corrected chi connectivity index (χ4v) is 10.4. The van der Waals surface area contributed by atoms with Crippen molar-refractivity contribution in [2.24, 2.45) is 0 Å². The van der Waals surface area contributed by atoms with Gasteiger partial charge in [0.2, 0.25) is 0 Å². The van der Waals surface area contributed by atoms with Gasteiger partial charge in [0.15, 0.2) is 0 Å². The molecule has 0 amide bonds. The third kappa shape index (κ3) is 5.06. The van der Waals surface area contributed by atoms with Gasteiger partial charge in [-0.1, -0.05) is 206 Å². The van der Waals surface area contributed by atoms with Crippen LogP contribution in [0.2, 0.25) is 0 Å². The number of hydrogen-bond donors (Lipinski definition) is 0. The maximum atomic E-state index is 2.47. The number of nitrogens with zero attached hydrogens (tertiary/aromatic N) is 1. The van der Waals surface area contributed by atoms with Gasteiger partial charge >= 0.3 is 0 Å². The topological polar surface area (TPSA) is 3.24 Å². The first-order valence-electron chi connectivity index (χ1n) is 20.8. The van der Waals surface area contributed by atoms with E-state index >= 15 is 0 Å². The molecule has 10 aromatic rings. The summed E-state index contributed by atoms with van der Waals surface area (Å²) in [5.41, 5.74) is 20.7. The quantitative estimate of drug-likeness (QED) is 0.163. The van der Waals surface area contributed by atoms with Crippen LogP contribution in [0.3, 0.4) is 0 Å². The average molecular weight is 762 g/mol. The molecule has 1 atom stereocenters. The summed E-state index contributed by atoms with van der Waals surface area (Å²) in [5, 5.41) is 2.51. The van der Waals surface area contributed by atoms with E-state index in [-0.39, 0.29) is 0 Å². The fourth-order valence-electron chi connectivity index (χ4n) is 10.4. The van der Waals surface area contributed by atoms with Gasteiger partial charge in [-0.25, -0.2) is 0 Å². The lowest BCUT2D eigenvalue weighted by atomic mass is 9.70. The van der Waals surface area contributed by atoms with Crippen LogP contribution in [0.4, 0.5) is 17.1 Å². The van der Waals surface area contributed by atoms with E-state index in [0.717, 1.165) is 17.1 Å². The summed E-state index contributed by atoms with van der Waals surface area (Å²) >= 11 is 0. The SMILES string of the molecule is c1ccc(-c2ccc(N(c3ccc(-c4cccc5ccccc45)cc3)c3cccc4c3-c3ccccc3C43c4ccccc4-c4c(-c5ccccc5)cccc43)cc2)cc1. The summed E-state index contributed by atoms with van der Waals surface area (Å²) in [6.45, 7) is 0. The minimum absolute atomic E-state index is 0.486. The molecule has 0 N–H and O–H groups in total.